The molecule has 5 heteroatoms. The SMILES string of the molecule is COCc1c(OC)ccc(C2(N=C=O)CCC2)c1OC. The minimum absolute atomic E-state index is 0.376. The molecule has 2 rings (SSSR count). The van der Waals surface area contributed by atoms with Crippen LogP contribution in [0, 0.1) is 0 Å². The van der Waals surface area contributed by atoms with Crippen molar-refractivity contribution in [3.05, 3.63) is 23.3 Å². The summed E-state index contributed by atoms with van der Waals surface area (Å²) in [5, 5.41) is 0. The van der Waals surface area contributed by atoms with Crippen LogP contribution in [-0.2, 0) is 21.7 Å². The van der Waals surface area contributed by atoms with Crippen molar-refractivity contribution in [2.75, 3.05) is 21.3 Å². The fourth-order valence-electron chi connectivity index (χ4n) is 2.72. The van der Waals surface area contributed by atoms with Gasteiger partial charge in [0.25, 0.3) is 0 Å². The largest absolute Gasteiger partial charge is 0.496 e. The Labute approximate surface area is 118 Å². The molecule has 1 saturated carbocycles. The molecule has 5 nitrogen and oxygen atoms in total. The van der Waals surface area contributed by atoms with Crippen LogP contribution in [-0.4, -0.2) is 27.4 Å². The van der Waals surface area contributed by atoms with Crippen LogP contribution in [0.25, 0.3) is 0 Å². The van der Waals surface area contributed by atoms with Crippen molar-refractivity contribution in [1.29, 1.82) is 0 Å². The predicted octanol–water partition coefficient (Wildman–Crippen LogP) is 2.57. The highest BCUT2D eigenvalue weighted by atomic mass is 16.5. The zero-order valence-electron chi connectivity index (χ0n) is 12.1. The average molecular weight is 277 g/mol. The Hall–Kier alpha value is -1.84. The van der Waals surface area contributed by atoms with E-state index in [1.807, 2.05) is 12.1 Å². The number of aliphatic imine (C=N–C) groups is 1. The van der Waals surface area contributed by atoms with Crippen molar-refractivity contribution >= 4 is 6.08 Å². The summed E-state index contributed by atoms with van der Waals surface area (Å²) in [5.74, 6) is 1.39. The third kappa shape index (κ3) is 2.30. The highest BCUT2D eigenvalue weighted by molar-refractivity contribution is 5.54. The van der Waals surface area contributed by atoms with Crippen molar-refractivity contribution in [3.8, 4) is 11.5 Å². The predicted molar refractivity (Wildman–Crippen MR) is 73.9 cm³/mol. The Kier molecular flexibility index (Phi) is 4.42. The molecule has 1 fully saturated rings. The first-order valence-corrected chi connectivity index (χ1v) is 6.54. The lowest BCUT2D eigenvalue weighted by atomic mass is 9.71. The number of isocyanates is 1. The van der Waals surface area contributed by atoms with Gasteiger partial charge in [-0.3, -0.25) is 0 Å². The molecule has 108 valence electrons. The number of nitrogens with zero attached hydrogens (tertiary/aromatic N) is 1. The van der Waals surface area contributed by atoms with Crippen LogP contribution in [0.1, 0.15) is 30.4 Å². The van der Waals surface area contributed by atoms with Gasteiger partial charge in [-0.15, -0.1) is 0 Å². The van der Waals surface area contributed by atoms with E-state index in [1.165, 1.54) is 0 Å². The molecular weight excluding hydrogens is 258 g/mol. The van der Waals surface area contributed by atoms with Crippen LogP contribution in [0.4, 0.5) is 0 Å². The van der Waals surface area contributed by atoms with E-state index in [0.717, 1.165) is 30.4 Å². The summed E-state index contributed by atoms with van der Waals surface area (Å²) in [6.07, 6.45) is 4.40. The molecule has 1 aliphatic rings. The Morgan fingerprint density at radius 2 is 2.00 bits per heavy atom. The molecule has 0 heterocycles. The van der Waals surface area contributed by atoms with Gasteiger partial charge < -0.3 is 14.2 Å². The van der Waals surface area contributed by atoms with Crippen molar-refractivity contribution in [2.45, 2.75) is 31.4 Å². The highest BCUT2D eigenvalue weighted by Gasteiger charge is 2.42. The van der Waals surface area contributed by atoms with Gasteiger partial charge >= 0.3 is 0 Å². The number of ether oxygens (including phenoxy) is 3. The summed E-state index contributed by atoms with van der Waals surface area (Å²) in [7, 11) is 4.83. The third-order valence-electron chi connectivity index (χ3n) is 3.87. The molecule has 0 amide bonds. The third-order valence-corrected chi connectivity index (χ3v) is 3.87. The minimum atomic E-state index is -0.498. The van der Waals surface area contributed by atoms with Crippen LogP contribution >= 0.6 is 0 Å². The minimum Gasteiger partial charge on any atom is -0.496 e. The van der Waals surface area contributed by atoms with E-state index in [0.29, 0.717) is 18.1 Å². The van der Waals surface area contributed by atoms with Crippen molar-refractivity contribution in [1.82, 2.24) is 0 Å². The van der Waals surface area contributed by atoms with Gasteiger partial charge in [-0.1, -0.05) is 0 Å². The Morgan fingerprint density at radius 3 is 2.45 bits per heavy atom. The van der Waals surface area contributed by atoms with Crippen LogP contribution in [0.2, 0.25) is 0 Å². The normalized spacial score (nSPS) is 15.9. The zero-order chi connectivity index (χ0) is 14.6. The molecular formula is C15H19NO4. The first-order chi connectivity index (χ1) is 9.72. The molecule has 1 aliphatic carbocycles. The van der Waals surface area contributed by atoms with Crippen LogP contribution in [0.15, 0.2) is 17.1 Å². The second-order valence-corrected chi connectivity index (χ2v) is 4.85. The summed E-state index contributed by atoms with van der Waals surface area (Å²) in [4.78, 5) is 14.8. The molecule has 0 bridgehead atoms. The molecule has 1 aromatic carbocycles. The lowest BCUT2D eigenvalue weighted by molar-refractivity contribution is 0.176. The summed E-state index contributed by atoms with van der Waals surface area (Å²) in [6, 6.07) is 3.78. The van der Waals surface area contributed by atoms with E-state index in [-0.39, 0.29) is 0 Å². The summed E-state index contributed by atoms with van der Waals surface area (Å²) in [6.45, 7) is 0.376. The standard InChI is InChI=1S/C15H19NO4/c1-18-9-11-13(19-2)6-5-12(14(11)20-3)15(16-10-17)7-4-8-15/h5-6H,4,7-9H2,1-3H3. The van der Waals surface area contributed by atoms with Gasteiger partial charge in [-0.05, 0) is 31.4 Å². The maximum atomic E-state index is 10.7. The van der Waals surface area contributed by atoms with Gasteiger partial charge in [-0.2, -0.15) is 4.99 Å². The fraction of sp³-hybridized carbons (Fsp3) is 0.533. The molecule has 0 aromatic heterocycles. The van der Waals surface area contributed by atoms with Crippen LogP contribution < -0.4 is 9.47 Å². The maximum absolute atomic E-state index is 10.7. The number of benzene rings is 1. The van der Waals surface area contributed by atoms with E-state index in [2.05, 4.69) is 4.99 Å². The number of hydrogen-bond donors (Lipinski definition) is 0. The van der Waals surface area contributed by atoms with Crippen molar-refractivity contribution < 1.29 is 19.0 Å². The molecule has 0 atom stereocenters. The molecule has 1 aromatic rings. The number of methoxy groups -OCH3 is 3. The van der Waals surface area contributed by atoms with Crippen LogP contribution in [0.5, 0.6) is 11.5 Å². The topological polar surface area (TPSA) is 57.1 Å². The van der Waals surface area contributed by atoms with Crippen LogP contribution in [0.3, 0.4) is 0 Å². The second-order valence-electron chi connectivity index (χ2n) is 4.85. The monoisotopic (exact) mass is 277 g/mol. The van der Waals surface area contributed by atoms with Gasteiger partial charge in [0, 0.05) is 12.7 Å². The molecule has 0 unspecified atom stereocenters. The second kappa shape index (κ2) is 6.07. The molecule has 0 N–H and O–H groups in total. The lowest BCUT2D eigenvalue weighted by Gasteiger charge is -2.38. The summed E-state index contributed by atoms with van der Waals surface area (Å²) < 4.78 is 16.1. The van der Waals surface area contributed by atoms with Crippen molar-refractivity contribution in [2.24, 2.45) is 4.99 Å². The Balaban J connectivity index is 2.58. The van der Waals surface area contributed by atoms with Gasteiger partial charge in [0.15, 0.2) is 0 Å². The lowest BCUT2D eigenvalue weighted by Crippen LogP contribution is -2.32. The Bertz CT molecular complexity index is 531. The quantitative estimate of drug-likeness (QED) is 0.592. The first-order valence-electron chi connectivity index (χ1n) is 6.54. The molecule has 20 heavy (non-hydrogen) atoms. The van der Waals surface area contributed by atoms with E-state index >= 15 is 0 Å². The highest BCUT2D eigenvalue weighted by Crippen LogP contribution is 2.50. The molecule has 0 radical (unpaired) electrons. The molecule has 0 spiro atoms. The summed E-state index contributed by atoms with van der Waals surface area (Å²) >= 11 is 0. The zero-order valence-corrected chi connectivity index (χ0v) is 12.1. The number of rotatable bonds is 6. The number of carbonyl (C=O) groups excluding carboxylic acids is 1. The number of hydrogen-bond acceptors (Lipinski definition) is 5. The fourth-order valence-corrected chi connectivity index (χ4v) is 2.72. The molecule has 0 saturated heterocycles. The smallest absolute Gasteiger partial charge is 0.235 e. The van der Waals surface area contributed by atoms with Gasteiger partial charge in [0.2, 0.25) is 6.08 Å². The van der Waals surface area contributed by atoms with Gasteiger partial charge in [0.1, 0.15) is 17.0 Å². The van der Waals surface area contributed by atoms with Gasteiger partial charge in [-0.25, -0.2) is 4.79 Å². The van der Waals surface area contributed by atoms with E-state index in [9.17, 15) is 4.79 Å². The van der Waals surface area contributed by atoms with Crippen molar-refractivity contribution in [3.63, 3.8) is 0 Å². The molecule has 0 aliphatic heterocycles. The summed E-state index contributed by atoms with van der Waals surface area (Å²) in [5.41, 5.74) is 1.24. The average Bonchev–Trinajstić information content (AvgIpc) is 2.43. The van der Waals surface area contributed by atoms with E-state index in [1.54, 1.807) is 27.4 Å². The first kappa shape index (κ1) is 14.6. The van der Waals surface area contributed by atoms with E-state index < -0.39 is 5.54 Å². The van der Waals surface area contributed by atoms with Gasteiger partial charge in [0.05, 0.1) is 26.4 Å². The maximum Gasteiger partial charge on any atom is 0.235 e. The Morgan fingerprint density at radius 1 is 1.25 bits per heavy atom. The van der Waals surface area contributed by atoms with E-state index in [4.69, 9.17) is 14.2 Å².